The normalized spacial score (nSPS) is 17.5. The molecule has 1 saturated heterocycles. The summed E-state index contributed by atoms with van der Waals surface area (Å²) < 4.78 is 13.3. The van der Waals surface area contributed by atoms with E-state index in [0.29, 0.717) is 13.0 Å². The van der Waals surface area contributed by atoms with E-state index in [4.69, 9.17) is 0 Å². The first-order chi connectivity index (χ1) is 11.1. The monoisotopic (exact) mass is 333 g/mol. The first kappa shape index (κ1) is 15.9. The number of nitrogens with one attached hydrogen (secondary N) is 1. The number of halogens is 1. The standard InChI is InChI=1S/C17H20FN3OS/c1-12-20-15(11-23-12)10-19-17(22)21-7-3-6-16(21)9-13-4-2-5-14(18)8-13/h2,4-5,8,11,16H,3,6-7,9-10H2,1H3,(H,19,22)/t16-/m0/s1. The van der Waals surface area contributed by atoms with Crippen LogP contribution in [0, 0.1) is 12.7 Å². The van der Waals surface area contributed by atoms with Crippen LogP contribution in [0.1, 0.15) is 29.1 Å². The zero-order chi connectivity index (χ0) is 16.2. The molecule has 2 aromatic rings. The SMILES string of the molecule is Cc1nc(CNC(=O)N2CCC[C@H]2Cc2cccc(F)c2)cs1. The third kappa shape index (κ3) is 4.07. The van der Waals surface area contributed by atoms with Crippen LogP contribution < -0.4 is 5.32 Å². The molecule has 6 heteroatoms. The van der Waals surface area contributed by atoms with E-state index in [-0.39, 0.29) is 17.9 Å². The van der Waals surface area contributed by atoms with Gasteiger partial charge in [-0.25, -0.2) is 14.2 Å². The fourth-order valence-corrected chi connectivity index (χ4v) is 3.62. The highest BCUT2D eigenvalue weighted by molar-refractivity contribution is 7.09. The number of hydrogen-bond acceptors (Lipinski definition) is 3. The third-order valence-corrected chi connectivity index (χ3v) is 4.91. The molecule has 0 spiro atoms. The summed E-state index contributed by atoms with van der Waals surface area (Å²) in [5.41, 5.74) is 1.83. The smallest absolute Gasteiger partial charge is 0.317 e. The van der Waals surface area contributed by atoms with Gasteiger partial charge in [0.15, 0.2) is 0 Å². The van der Waals surface area contributed by atoms with Gasteiger partial charge in [-0.2, -0.15) is 0 Å². The largest absolute Gasteiger partial charge is 0.332 e. The van der Waals surface area contributed by atoms with Crippen LogP contribution >= 0.6 is 11.3 Å². The van der Waals surface area contributed by atoms with Gasteiger partial charge < -0.3 is 10.2 Å². The molecular weight excluding hydrogens is 313 g/mol. The zero-order valence-corrected chi connectivity index (χ0v) is 13.9. The van der Waals surface area contributed by atoms with Gasteiger partial charge in [-0.1, -0.05) is 12.1 Å². The molecule has 1 N–H and O–H groups in total. The molecule has 2 heterocycles. The molecule has 4 nitrogen and oxygen atoms in total. The Morgan fingerprint density at radius 3 is 3.13 bits per heavy atom. The van der Waals surface area contributed by atoms with Crippen molar-refractivity contribution in [1.82, 2.24) is 15.2 Å². The Morgan fingerprint density at radius 1 is 1.52 bits per heavy atom. The number of urea groups is 1. The van der Waals surface area contributed by atoms with Gasteiger partial charge in [0, 0.05) is 18.0 Å². The number of aryl methyl sites for hydroxylation is 1. The second-order valence-corrected chi connectivity index (χ2v) is 6.90. The number of likely N-dealkylation sites (tertiary alicyclic amines) is 1. The van der Waals surface area contributed by atoms with Crippen molar-refractivity contribution in [3.8, 4) is 0 Å². The molecule has 2 amide bonds. The topological polar surface area (TPSA) is 45.2 Å². The summed E-state index contributed by atoms with van der Waals surface area (Å²) in [4.78, 5) is 18.6. The Hall–Kier alpha value is -1.95. The molecule has 1 aromatic heterocycles. The lowest BCUT2D eigenvalue weighted by atomic mass is 10.0. The van der Waals surface area contributed by atoms with Gasteiger partial charge in [-0.3, -0.25) is 0 Å². The van der Waals surface area contributed by atoms with Gasteiger partial charge in [0.1, 0.15) is 5.82 Å². The molecule has 122 valence electrons. The Balaban J connectivity index is 1.58. The summed E-state index contributed by atoms with van der Waals surface area (Å²) in [6.45, 7) is 3.15. The first-order valence-electron chi connectivity index (χ1n) is 7.82. The number of carbonyl (C=O) groups excluding carboxylic acids is 1. The van der Waals surface area contributed by atoms with Crippen LogP contribution in [0.2, 0.25) is 0 Å². The van der Waals surface area contributed by atoms with Crippen molar-refractivity contribution in [3.63, 3.8) is 0 Å². The lowest BCUT2D eigenvalue weighted by Crippen LogP contribution is -2.43. The van der Waals surface area contributed by atoms with E-state index >= 15 is 0 Å². The van der Waals surface area contributed by atoms with E-state index in [1.807, 2.05) is 23.3 Å². The summed E-state index contributed by atoms with van der Waals surface area (Å²) in [7, 11) is 0. The van der Waals surface area contributed by atoms with Crippen LogP contribution in [0.4, 0.5) is 9.18 Å². The zero-order valence-electron chi connectivity index (χ0n) is 13.1. The number of hydrogen-bond donors (Lipinski definition) is 1. The van der Waals surface area contributed by atoms with Gasteiger partial charge in [0.25, 0.3) is 0 Å². The molecule has 0 bridgehead atoms. The molecule has 3 rings (SSSR count). The van der Waals surface area contributed by atoms with Crippen molar-refractivity contribution in [2.24, 2.45) is 0 Å². The molecule has 1 aliphatic heterocycles. The number of aromatic nitrogens is 1. The van der Waals surface area contributed by atoms with Crippen molar-refractivity contribution < 1.29 is 9.18 Å². The maximum absolute atomic E-state index is 13.3. The minimum atomic E-state index is -0.226. The Morgan fingerprint density at radius 2 is 2.39 bits per heavy atom. The summed E-state index contributed by atoms with van der Waals surface area (Å²) >= 11 is 1.58. The summed E-state index contributed by atoms with van der Waals surface area (Å²) in [6.07, 6.45) is 2.64. The highest BCUT2D eigenvalue weighted by Crippen LogP contribution is 2.21. The minimum absolute atomic E-state index is 0.0606. The molecule has 1 aromatic carbocycles. The fourth-order valence-electron chi connectivity index (χ4n) is 3.01. The molecule has 1 fully saturated rings. The minimum Gasteiger partial charge on any atom is -0.332 e. The second kappa shape index (κ2) is 7.08. The average Bonchev–Trinajstić information content (AvgIpc) is 3.14. The first-order valence-corrected chi connectivity index (χ1v) is 8.70. The predicted octanol–water partition coefficient (Wildman–Crippen LogP) is 3.51. The highest BCUT2D eigenvalue weighted by atomic mass is 32.1. The van der Waals surface area contributed by atoms with Gasteiger partial charge in [0.2, 0.25) is 0 Å². The van der Waals surface area contributed by atoms with Crippen molar-refractivity contribution in [2.75, 3.05) is 6.54 Å². The second-order valence-electron chi connectivity index (χ2n) is 5.84. The lowest BCUT2D eigenvalue weighted by molar-refractivity contribution is 0.192. The molecular formula is C17H20FN3OS. The van der Waals surface area contributed by atoms with E-state index in [9.17, 15) is 9.18 Å². The molecule has 1 aliphatic rings. The van der Waals surface area contributed by atoms with Gasteiger partial charge in [-0.15, -0.1) is 11.3 Å². The maximum Gasteiger partial charge on any atom is 0.317 e. The van der Waals surface area contributed by atoms with Gasteiger partial charge in [0.05, 0.1) is 17.2 Å². The van der Waals surface area contributed by atoms with Gasteiger partial charge in [-0.05, 0) is 43.9 Å². The van der Waals surface area contributed by atoms with Crippen LogP contribution in [-0.2, 0) is 13.0 Å². The van der Waals surface area contributed by atoms with Crippen LogP contribution in [0.3, 0.4) is 0 Å². The van der Waals surface area contributed by atoms with Crippen LogP contribution in [0.25, 0.3) is 0 Å². The van der Waals surface area contributed by atoms with Crippen molar-refractivity contribution in [3.05, 3.63) is 51.7 Å². The Kier molecular flexibility index (Phi) is 4.91. The third-order valence-electron chi connectivity index (χ3n) is 4.09. The van der Waals surface area contributed by atoms with Crippen LogP contribution in [0.5, 0.6) is 0 Å². The Bertz CT molecular complexity index is 688. The van der Waals surface area contributed by atoms with E-state index in [2.05, 4.69) is 10.3 Å². The molecule has 23 heavy (non-hydrogen) atoms. The number of carbonyl (C=O) groups is 1. The number of amides is 2. The van der Waals surface area contributed by atoms with E-state index in [1.165, 1.54) is 6.07 Å². The van der Waals surface area contributed by atoms with E-state index < -0.39 is 0 Å². The van der Waals surface area contributed by atoms with E-state index in [1.54, 1.807) is 23.5 Å². The summed E-state index contributed by atoms with van der Waals surface area (Å²) in [5, 5.41) is 5.90. The average molecular weight is 333 g/mol. The van der Waals surface area contributed by atoms with Crippen LogP contribution in [0.15, 0.2) is 29.6 Å². The quantitative estimate of drug-likeness (QED) is 0.931. The molecule has 1 atom stereocenters. The molecule has 0 aliphatic carbocycles. The number of rotatable bonds is 4. The number of thiazole rings is 1. The lowest BCUT2D eigenvalue weighted by Gasteiger charge is -2.25. The fraction of sp³-hybridized carbons (Fsp3) is 0.412. The van der Waals surface area contributed by atoms with Crippen molar-refractivity contribution in [1.29, 1.82) is 0 Å². The molecule has 0 unspecified atom stereocenters. The molecule has 0 radical (unpaired) electrons. The summed E-state index contributed by atoms with van der Waals surface area (Å²) in [6, 6.07) is 6.69. The van der Waals surface area contributed by atoms with Crippen LogP contribution in [-0.4, -0.2) is 28.5 Å². The predicted molar refractivity (Wildman–Crippen MR) is 88.9 cm³/mol. The molecule has 0 saturated carbocycles. The Labute approximate surface area is 139 Å². The van der Waals surface area contributed by atoms with Gasteiger partial charge >= 0.3 is 6.03 Å². The number of nitrogens with zero attached hydrogens (tertiary/aromatic N) is 2. The van der Waals surface area contributed by atoms with E-state index in [0.717, 1.165) is 35.7 Å². The van der Waals surface area contributed by atoms with Crippen molar-refractivity contribution >= 4 is 17.4 Å². The maximum atomic E-state index is 13.3. The summed E-state index contributed by atoms with van der Waals surface area (Å²) in [5.74, 6) is -0.226. The number of benzene rings is 1. The van der Waals surface area contributed by atoms with Crippen molar-refractivity contribution in [2.45, 2.75) is 38.8 Å². The highest BCUT2D eigenvalue weighted by Gasteiger charge is 2.28.